The summed E-state index contributed by atoms with van der Waals surface area (Å²) in [4.78, 5) is 6.71. The molecule has 21 rings (SSSR count). The van der Waals surface area contributed by atoms with Gasteiger partial charge in [-0.2, -0.15) is 21.0 Å². The van der Waals surface area contributed by atoms with Crippen molar-refractivity contribution in [1.82, 2.24) is 27.8 Å². The van der Waals surface area contributed by atoms with Crippen LogP contribution >= 0.6 is 0 Å². The minimum absolute atomic E-state index is 0.461. The van der Waals surface area contributed by atoms with E-state index in [1.807, 2.05) is 72.8 Å². The molecule has 0 aliphatic carbocycles. The molecule has 502 valence electrons. The Balaban J connectivity index is 1.07. The first-order valence-corrected chi connectivity index (χ1v) is 36.2. The summed E-state index contributed by atoms with van der Waals surface area (Å²) in [7, 11) is 0. The van der Waals surface area contributed by atoms with Gasteiger partial charge >= 0.3 is 0 Å². The molecule has 15 aromatic carbocycles. The smallest absolute Gasteiger partial charge is 0.165 e. The number of para-hydroxylation sites is 3. The van der Waals surface area contributed by atoms with Crippen LogP contribution in [0.3, 0.4) is 0 Å². The van der Waals surface area contributed by atoms with E-state index in [-0.39, 0.29) is 0 Å². The first-order valence-electron chi connectivity index (χ1n) is 36.2. The largest absolute Gasteiger partial charge is 0.309 e. The fourth-order valence-corrected chi connectivity index (χ4v) is 17.1. The van der Waals surface area contributed by atoms with Crippen molar-refractivity contribution in [3.8, 4) is 109 Å². The van der Waals surface area contributed by atoms with Gasteiger partial charge in [0.2, 0.25) is 0 Å². The number of rotatable bonds is 10. The second-order valence-corrected chi connectivity index (χ2v) is 27.8. The second-order valence-electron chi connectivity index (χ2n) is 27.8. The van der Waals surface area contributed by atoms with Gasteiger partial charge in [0.15, 0.2) is 11.6 Å². The van der Waals surface area contributed by atoms with Gasteiger partial charge < -0.3 is 13.7 Å². The predicted molar refractivity (Wildman–Crippen MR) is 442 cm³/mol. The van der Waals surface area contributed by atoms with Gasteiger partial charge in [-0.25, -0.2) is 4.98 Å². The number of nitrogens with zero attached hydrogens (tertiary/aromatic N) is 10. The summed E-state index contributed by atoms with van der Waals surface area (Å²) in [6, 6.07) is 129. The number of hydrogen-bond donors (Lipinski definition) is 0. The lowest BCUT2D eigenvalue weighted by Gasteiger charge is -2.27. The van der Waals surface area contributed by atoms with Crippen LogP contribution in [-0.4, -0.2) is 27.8 Å². The lowest BCUT2D eigenvalue weighted by molar-refractivity contribution is 0.961. The second kappa shape index (κ2) is 24.5. The van der Waals surface area contributed by atoms with Crippen LogP contribution in [0.4, 0.5) is 0 Å². The molecule has 0 saturated heterocycles. The molecular weight excluding hydrogens is 1330 g/mol. The number of benzene rings is 15. The number of nitriles is 4. The first kappa shape index (κ1) is 62.0. The van der Waals surface area contributed by atoms with Gasteiger partial charge in [0.25, 0.3) is 0 Å². The summed E-state index contributed by atoms with van der Waals surface area (Å²) in [6.07, 6.45) is 0. The van der Waals surface area contributed by atoms with Crippen molar-refractivity contribution < 1.29 is 0 Å². The maximum Gasteiger partial charge on any atom is 0.165 e. The van der Waals surface area contributed by atoms with Crippen LogP contribution in [0, 0.1) is 45.3 Å². The third-order valence-electron chi connectivity index (χ3n) is 22.0. The highest BCUT2D eigenvalue weighted by Crippen LogP contribution is 2.53. The molecule has 0 bridgehead atoms. The average Bonchev–Trinajstić information content (AvgIpc) is 1.55. The minimum Gasteiger partial charge on any atom is -0.309 e. The van der Waals surface area contributed by atoms with Crippen LogP contribution in [0.25, 0.3) is 193 Å². The van der Waals surface area contributed by atoms with Crippen LogP contribution < -0.4 is 0 Å². The van der Waals surface area contributed by atoms with Gasteiger partial charge in [-0.15, -0.1) is 0 Å². The molecule has 0 saturated carbocycles. The molecule has 10 heteroatoms. The van der Waals surface area contributed by atoms with Crippen molar-refractivity contribution in [2.24, 2.45) is 0 Å². The number of hydrogen-bond acceptors (Lipinski definition) is 5. The van der Waals surface area contributed by atoms with E-state index in [4.69, 9.17) is 4.98 Å². The Labute approximate surface area is 624 Å². The molecule has 6 aromatic heterocycles. The third-order valence-corrected chi connectivity index (χ3v) is 22.0. The quantitative estimate of drug-likeness (QED) is 0.134. The van der Waals surface area contributed by atoms with Crippen molar-refractivity contribution in [1.29, 1.82) is 21.0 Å². The number of pyridine rings is 1. The molecule has 6 heterocycles. The monoisotopic (exact) mass is 1380 g/mol. The molecule has 10 nitrogen and oxygen atoms in total. The van der Waals surface area contributed by atoms with E-state index in [0.29, 0.717) is 45.3 Å². The van der Waals surface area contributed by atoms with E-state index in [2.05, 4.69) is 314 Å². The summed E-state index contributed by atoms with van der Waals surface area (Å²) in [5.41, 5.74) is 22.8. The zero-order valence-corrected chi connectivity index (χ0v) is 58.3. The maximum absolute atomic E-state index is 11.0. The molecule has 0 N–H and O–H groups in total. The molecule has 109 heavy (non-hydrogen) atoms. The predicted octanol–water partition coefficient (Wildman–Crippen LogP) is 24.4. The van der Waals surface area contributed by atoms with Crippen LogP contribution in [0.5, 0.6) is 0 Å². The molecule has 0 spiro atoms. The molecule has 0 radical (unpaired) electrons. The van der Waals surface area contributed by atoms with Crippen molar-refractivity contribution in [2.45, 2.75) is 0 Å². The Morgan fingerprint density at radius 1 is 0.211 bits per heavy atom. The molecule has 0 aliphatic heterocycles. The Morgan fingerprint density at radius 3 is 0.844 bits per heavy atom. The fraction of sp³-hybridized carbons (Fsp3) is 0. The summed E-state index contributed by atoms with van der Waals surface area (Å²) in [5.74, 6) is 1.13. The Bertz CT molecular complexity index is 6910. The normalized spacial score (nSPS) is 11.6. The van der Waals surface area contributed by atoms with E-state index in [1.165, 1.54) is 0 Å². The van der Waals surface area contributed by atoms with E-state index in [1.54, 1.807) is 0 Å². The van der Waals surface area contributed by atoms with Gasteiger partial charge in [-0.05, 0) is 184 Å². The van der Waals surface area contributed by atoms with E-state index < -0.39 is 0 Å². The summed E-state index contributed by atoms with van der Waals surface area (Å²) < 4.78 is 11.8. The standard InChI is InChI=1S/C99H56N10/c100-57-61-33-41-86-77(49-61)78-50-62(58-101)34-42-87(78)106(86)96-94(76-31-18-30-75-74-29-16-17-32-85(74)105(95(75)76)73-27-14-5-15-28-73)97(107-88-43-35-63(59-102)51-79(88)80-52-64(60-103)36-44-89(80)107)99(109-92-47-39-71(67-23-10-3-11-24-67)55-83(92)84-56-72(40-48-93(84)109)68-25-12-4-13-26-68)104-98(96)108-90-45-37-69(65-19-6-1-7-20-65)53-81(90)82-54-70(38-46-91(82)108)66-21-8-2-9-22-66/h1-56H. The summed E-state index contributed by atoms with van der Waals surface area (Å²) >= 11 is 0. The van der Waals surface area contributed by atoms with Crippen molar-refractivity contribution in [3.63, 3.8) is 0 Å². The lowest BCUT2D eigenvalue weighted by atomic mass is 9.97. The van der Waals surface area contributed by atoms with Gasteiger partial charge in [-0.1, -0.05) is 200 Å². The van der Waals surface area contributed by atoms with Crippen molar-refractivity contribution in [3.05, 3.63) is 362 Å². The van der Waals surface area contributed by atoms with E-state index >= 15 is 0 Å². The Morgan fingerprint density at radius 2 is 0.495 bits per heavy atom. The van der Waals surface area contributed by atoms with Gasteiger partial charge in [0.1, 0.15) is 11.4 Å². The SMILES string of the molecule is N#Cc1ccc2c(c1)c1cc(C#N)ccc1n2-c1c(-n2c3ccc(-c4ccccc4)cc3c3cc(-c4ccccc4)ccc32)nc(-n2c3ccc(-c4ccccc4)cc3c3cc(-c4ccccc4)ccc32)c(-n2c3ccc(C#N)cc3c3cc(C#N)ccc32)c1-c1cccc2c3ccccc3n(-c3ccccc3)c12. The van der Waals surface area contributed by atoms with Crippen molar-refractivity contribution >= 4 is 109 Å². The Hall–Kier alpha value is -15.6. The van der Waals surface area contributed by atoms with Crippen LogP contribution in [-0.2, 0) is 0 Å². The summed E-state index contributed by atoms with van der Waals surface area (Å²) in [6.45, 7) is 0. The first-order chi connectivity index (χ1) is 53.9. The maximum atomic E-state index is 11.0. The highest BCUT2D eigenvalue weighted by Gasteiger charge is 2.35. The third kappa shape index (κ3) is 9.54. The lowest BCUT2D eigenvalue weighted by Crippen LogP contribution is -2.16. The van der Waals surface area contributed by atoms with E-state index in [0.717, 1.165) is 170 Å². The van der Waals surface area contributed by atoms with Crippen molar-refractivity contribution in [2.75, 3.05) is 0 Å². The highest BCUT2D eigenvalue weighted by atomic mass is 15.2. The van der Waals surface area contributed by atoms with Gasteiger partial charge in [0.05, 0.1) is 102 Å². The van der Waals surface area contributed by atoms with Gasteiger partial charge in [0, 0.05) is 70.7 Å². The van der Waals surface area contributed by atoms with E-state index in [9.17, 15) is 21.0 Å². The minimum atomic E-state index is 0.461. The topological polar surface area (TPSA) is 133 Å². The molecule has 0 fully saturated rings. The summed E-state index contributed by atoms with van der Waals surface area (Å²) in [5, 5.41) is 53.0. The molecule has 0 aliphatic rings. The highest BCUT2D eigenvalue weighted by molar-refractivity contribution is 6.21. The Kier molecular flexibility index (Phi) is 14.0. The van der Waals surface area contributed by atoms with Gasteiger partial charge in [-0.3, -0.25) is 9.13 Å². The fourth-order valence-electron chi connectivity index (χ4n) is 17.1. The average molecular weight is 1390 g/mol. The molecule has 0 amide bonds. The number of fused-ring (bicyclic) bond motifs is 15. The molecule has 0 unspecified atom stereocenters. The zero-order chi connectivity index (χ0) is 72.5. The zero-order valence-electron chi connectivity index (χ0n) is 58.3. The van der Waals surface area contributed by atoms with Crippen LogP contribution in [0.1, 0.15) is 22.3 Å². The molecular formula is C99H56N10. The van der Waals surface area contributed by atoms with Crippen LogP contribution in [0.15, 0.2) is 340 Å². The van der Waals surface area contributed by atoms with Crippen LogP contribution in [0.2, 0.25) is 0 Å². The molecule has 21 aromatic rings. The molecule has 0 atom stereocenters. The number of aromatic nitrogens is 6.